The summed E-state index contributed by atoms with van der Waals surface area (Å²) in [6.07, 6.45) is -7.72. The molecule has 0 aliphatic rings. The number of halogens is 6. The molecule has 0 unspecified atom stereocenters. The molecule has 0 spiro atoms. The summed E-state index contributed by atoms with van der Waals surface area (Å²) in [5, 5.41) is 0. The topological polar surface area (TPSA) is 18.5 Å². The van der Waals surface area contributed by atoms with Crippen LogP contribution in [0.15, 0.2) is 0 Å². The monoisotopic (exact) mass is 270 g/mol. The molecule has 0 aromatic rings. The molecule has 0 N–H and O–H groups in total. The minimum atomic E-state index is -4.17. The van der Waals surface area contributed by atoms with Gasteiger partial charge in [-0.1, -0.05) is 6.92 Å². The molecule has 0 saturated carbocycles. The van der Waals surface area contributed by atoms with E-state index in [4.69, 9.17) is 0 Å². The van der Waals surface area contributed by atoms with Crippen molar-refractivity contribution in [1.82, 2.24) is 0 Å². The summed E-state index contributed by atoms with van der Waals surface area (Å²) < 4.78 is 75.4. The van der Waals surface area contributed by atoms with Crippen LogP contribution in [0.2, 0.25) is 0 Å². The van der Waals surface area contributed by atoms with Gasteiger partial charge in [0.15, 0.2) is 0 Å². The van der Waals surface area contributed by atoms with E-state index >= 15 is 0 Å². The van der Waals surface area contributed by atoms with Crippen molar-refractivity contribution in [3.8, 4) is 0 Å². The van der Waals surface area contributed by atoms with Crippen LogP contribution in [0, 0.1) is 0 Å². The molecule has 0 aromatic carbocycles. The Balaban J connectivity index is 0. The van der Waals surface area contributed by atoms with Crippen molar-refractivity contribution in [1.29, 1.82) is 0 Å². The Bertz CT molecular complexity index is 166. The average molecular weight is 270 g/mol. The minimum absolute atomic E-state index is 0.111. The lowest BCUT2D eigenvalue weighted by Gasteiger charge is -2.04. The number of hydrogen-bond donors (Lipinski definition) is 0. The van der Waals surface area contributed by atoms with E-state index < -0.39 is 25.6 Å². The second-order valence-corrected chi connectivity index (χ2v) is 2.92. The maximum absolute atomic E-state index is 11.3. The van der Waals surface area contributed by atoms with E-state index in [1.807, 2.05) is 0 Å². The lowest BCUT2D eigenvalue weighted by atomic mass is 10.5. The molecule has 0 heterocycles. The van der Waals surface area contributed by atoms with Crippen LogP contribution in [0.3, 0.4) is 0 Å². The Morgan fingerprint density at radius 3 is 1.41 bits per heavy atom. The zero-order chi connectivity index (χ0) is 13.9. The van der Waals surface area contributed by atoms with Gasteiger partial charge in [0.25, 0.3) is 0 Å². The first-order valence-electron chi connectivity index (χ1n) is 4.91. The second kappa shape index (κ2) is 9.52. The summed E-state index contributed by atoms with van der Waals surface area (Å²) in [5.74, 6) is 0. The van der Waals surface area contributed by atoms with E-state index in [2.05, 4.69) is 9.47 Å². The summed E-state index contributed by atoms with van der Waals surface area (Å²) in [4.78, 5) is 0. The van der Waals surface area contributed by atoms with Crippen LogP contribution >= 0.6 is 0 Å². The fraction of sp³-hybridized carbons (Fsp3) is 1.00. The van der Waals surface area contributed by atoms with Crippen molar-refractivity contribution in [2.45, 2.75) is 32.6 Å². The van der Waals surface area contributed by atoms with Gasteiger partial charge in [0.2, 0.25) is 0 Å². The SMILES string of the molecule is CCCOCC(F)(F)F.CCOCC(F)(F)F. The zero-order valence-electron chi connectivity index (χ0n) is 9.62. The van der Waals surface area contributed by atoms with Crippen molar-refractivity contribution >= 4 is 0 Å². The molecule has 106 valence electrons. The second-order valence-electron chi connectivity index (χ2n) is 2.92. The van der Waals surface area contributed by atoms with E-state index in [0.29, 0.717) is 6.42 Å². The molecule has 17 heavy (non-hydrogen) atoms. The molecule has 2 nitrogen and oxygen atoms in total. The van der Waals surface area contributed by atoms with Crippen molar-refractivity contribution in [2.24, 2.45) is 0 Å². The van der Waals surface area contributed by atoms with Gasteiger partial charge in [0.1, 0.15) is 13.2 Å². The average Bonchev–Trinajstić information content (AvgIpc) is 2.13. The molecule has 0 aliphatic heterocycles. The number of ether oxygens (including phenoxy) is 2. The first-order chi connectivity index (χ1) is 7.62. The molecule has 0 aromatic heterocycles. The van der Waals surface area contributed by atoms with Gasteiger partial charge in [-0.05, 0) is 13.3 Å². The standard InChI is InChI=1S/C5H9F3O.C4H7F3O/c1-2-3-9-4-5(6,7)8;1-2-8-3-4(5,6)7/h2-4H2,1H3;2-3H2,1H3. The van der Waals surface area contributed by atoms with Crippen molar-refractivity contribution < 1.29 is 35.8 Å². The highest BCUT2D eigenvalue weighted by atomic mass is 19.4. The quantitative estimate of drug-likeness (QED) is 0.561. The molecule has 0 aliphatic carbocycles. The molecular formula is C9H16F6O2. The predicted molar refractivity (Wildman–Crippen MR) is 49.7 cm³/mol. The third-order valence-electron chi connectivity index (χ3n) is 1.08. The number of rotatable bonds is 5. The summed E-state index contributed by atoms with van der Waals surface area (Å²) in [6, 6.07) is 0. The van der Waals surface area contributed by atoms with Crippen molar-refractivity contribution in [3.63, 3.8) is 0 Å². The summed E-state index contributed by atoms with van der Waals surface area (Å²) >= 11 is 0. The smallest absolute Gasteiger partial charge is 0.372 e. The molecule has 8 heteroatoms. The van der Waals surface area contributed by atoms with Crippen molar-refractivity contribution in [2.75, 3.05) is 26.4 Å². The third-order valence-corrected chi connectivity index (χ3v) is 1.08. The Labute approximate surface area is 95.9 Å². The molecule has 0 saturated heterocycles. The van der Waals surface area contributed by atoms with E-state index in [9.17, 15) is 26.3 Å². The highest BCUT2D eigenvalue weighted by Crippen LogP contribution is 2.14. The summed E-state index contributed by atoms with van der Waals surface area (Å²) in [6.45, 7) is 1.31. The first-order valence-corrected chi connectivity index (χ1v) is 4.91. The minimum Gasteiger partial charge on any atom is -0.372 e. The lowest BCUT2D eigenvalue weighted by molar-refractivity contribution is -0.174. The van der Waals surface area contributed by atoms with Crippen LogP contribution in [0.5, 0.6) is 0 Å². The Hall–Kier alpha value is -0.500. The van der Waals surface area contributed by atoms with Gasteiger partial charge in [0, 0.05) is 13.2 Å². The lowest BCUT2D eigenvalue weighted by Crippen LogP contribution is -2.17. The van der Waals surface area contributed by atoms with E-state index in [1.54, 1.807) is 6.92 Å². The molecule has 0 rings (SSSR count). The summed E-state index contributed by atoms with van der Waals surface area (Å²) in [5.41, 5.74) is 0. The van der Waals surface area contributed by atoms with Crippen LogP contribution in [0.4, 0.5) is 26.3 Å². The van der Waals surface area contributed by atoms with Crippen LogP contribution < -0.4 is 0 Å². The maximum Gasteiger partial charge on any atom is 0.411 e. The van der Waals surface area contributed by atoms with Crippen LogP contribution in [-0.4, -0.2) is 38.8 Å². The molecule has 0 bridgehead atoms. The Morgan fingerprint density at radius 2 is 1.18 bits per heavy atom. The van der Waals surface area contributed by atoms with Gasteiger partial charge in [0.05, 0.1) is 0 Å². The predicted octanol–water partition coefficient (Wildman–Crippen LogP) is 3.56. The molecule has 0 amide bonds. The highest BCUT2D eigenvalue weighted by molar-refractivity contribution is 4.44. The largest absolute Gasteiger partial charge is 0.411 e. The molecule has 0 fully saturated rings. The highest BCUT2D eigenvalue weighted by Gasteiger charge is 2.27. The maximum atomic E-state index is 11.3. The normalized spacial score (nSPS) is 12.0. The van der Waals surface area contributed by atoms with Crippen LogP contribution in [-0.2, 0) is 9.47 Å². The third kappa shape index (κ3) is 25.6. The van der Waals surface area contributed by atoms with Gasteiger partial charge in [-0.3, -0.25) is 0 Å². The van der Waals surface area contributed by atoms with Crippen LogP contribution in [0.1, 0.15) is 20.3 Å². The van der Waals surface area contributed by atoms with E-state index in [0.717, 1.165) is 0 Å². The van der Waals surface area contributed by atoms with Gasteiger partial charge in [-0.25, -0.2) is 0 Å². The fourth-order valence-corrected chi connectivity index (χ4v) is 0.550. The fourth-order valence-electron chi connectivity index (χ4n) is 0.550. The molecule has 0 radical (unpaired) electrons. The van der Waals surface area contributed by atoms with Gasteiger partial charge < -0.3 is 9.47 Å². The number of alkyl halides is 6. The molecule has 0 atom stereocenters. The number of hydrogen-bond acceptors (Lipinski definition) is 2. The van der Waals surface area contributed by atoms with E-state index in [-0.39, 0.29) is 13.2 Å². The van der Waals surface area contributed by atoms with Crippen LogP contribution in [0.25, 0.3) is 0 Å². The van der Waals surface area contributed by atoms with Crippen molar-refractivity contribution in [3.05, 3.63) is 0 Å². The summed E-state index contributed by atoms with van der Waals surface area (Å²) in [7, 11) is 0. The van der Waals surface area contributed by atoms with Gasteiger partial charge in [-0.15, -0.1) is 0 Å². The molecular weight excluding hydrogens is 254 g/mol. The Kier molecular flexibility index (Phi) is 10.6. The first kappa shape index (κ1) is 18.9. The van der Waals surface area contributed by atoms with E-state index in [1.165, 1.54) is 6.92 Å². The van der Waals surface area contributed by atoms with Gasteiger partial charge in [-0.2, -0.15) is 26.3 Å². The van der Waals surface area contributed by atoms with Gasteiger partial charge >= 0.3 is 12.4 Å². The Morgan fingerprint density at radius 1 is 0.765 bits per heavy atom. The zero-order valence-corrected chi connectivity index (χ0v) is 9.62.